The Bertz CT molecular complexity index is 436. The molecule has 0 radical (unpaired) electrons. The van der Waals surface area contributed by atoms with E-state index < -0.39 is 0 Å². The molecule has 0 saturated heterocycles. The number of aryl methyl sites for hydroxylation is 1. The van der Waals surface area contributed by atoms with Crippen molar-refractivity contribution in [2.75, 3.05) is 0 Å². The van der Waals surface area contributed by atoms with Gasteiger partial charge in [-0.15, -0.1) is 0 Å². The number of halogens is 1. The van der Waals surface area contributed by atoms with Crippen LogP contribution in [0.5, 0.6) is 0 Å². The van der Waals surface area contributed by atoms with Gasteiger partial charge in [-0.2, -0.15) is 0 Å². The molecule has 0 atom stereocenters. The normalized spacial score (nSPS) is 10.4. The number of nitrogens with zero attached hydrogens (tertiary/aromatic N) is 1. The smallest absolute Gasteiger partial charge is 0.167 e. The van der Waals surface area contributed by atoms with Crippen LogP contribution in [0.1, 0.15) is 11.3 Å². The second-order valence-corrected chi connectivity index (χ2v) is 3.75. The molecule has 2 aromatic rings. The van der Waals surface area contributed by atoms with Crippen molar-refractivity contribution >= 4 is 15.9 Å². The van der Waals surface area contributed by atoms with Gasteiger partial charge in [0, 0.05) is 17.0 Å². The molecule has 0 spiro atoms. The molecule has 0 aliphatic heterocycles. The SMILES string of the molecule is Cc1cccc(-c2cc(CBr)no2)c1. The molecule has 14 heavy (non-hydrogen) atoms. The minimum absolute atomic E-state index is 0.725. The highest BCUT2D eigenvalue weighted by atomic mass is 79.9. The van der Waals surface area contributed by atoms with Crippen molar-refractivity contribution in [3.8, 4) is 11.3 Å². The average molecular weight is 252 g/mol. The Morgan fingerprint density at radius 2 is 2.21 bits per heavy atom. The van der Waals surface area contributed by atoms with Crippen LogP contribution in [-0.2, 0) is 5.33 Å². The van der Waals surface area contributed by atoms with Gasteiger partial charge in [0.1, 0.15) is 0 Å². The summed E-state index contributed by atoms with van der Waals surface area (Å²) >= 11 is 3.34. The first-order valence-corrected chi connectivity index (χ1v) is 5.50. The van der Waals surface area contributed by atoms with E-state index in [4.69, 9.17) is 4.52 Å². The maximum Gasteiger partial charge on any atom is 0.167 e. The first-order valence-electron chi connectivity index (χ1n) is 4.38. The molecule has 0 aliphatic carbocycles. The van der Waals surface area contributed by atoms with Crippen molar-refractivity contribution in [2.24, 2.45) is 0 Å². The first kappa shape index (κ1) is 9.46. The van der Waals surface area contributed by atoms with E-state index >= 15 is 0 Å². The van der Waals surface area contributed by atoms with E-state index in [0.717, 1.165) is 22.3 Å². The van der Waals surface area contributed by atoms with E-state index in [2.05, 4.69) is 40.1 Å². The molecule has 0 unspecified atom stereocenters. The van der Waals surface area contributed by atoms with Crippen LogP contribution in [0, 0.1) is 6.92 Å². The van der Waals surface area contributed by atoms with Crippen LogP contribution in [0.4, 0.5) is 0 Å². The molecule has 0 aliphatic rings. The van der Waals surface area contributed by atoms with Gasteiger partial charge >= 0.3 is 0 Å². The summed E-state index contributed by atoms with van der Waals surface area (Å²) in [6.45, 7) is 2.06. The van der Waals surface area contributed by atoms with Gasteiger partial charge in [-0.1, -0.05) is 44.8 Å². The number of hydrogen-bond donors (Lipinski definition) is 0. The van der Waals surface area contributed by atoms with Gasteiger partial charge in [0.25, 0.3) is 0 Å². The topological polar surface area (TPSA) is 26.0 Å². The summed E-state index contributed by atoms with van der Waals surface area (Å²) in [5.74, 6) is 0.822. The zero-order chi connectivity index (χ0) is 9.97. The first-order chi connectivity index (χ1) is 6.79. The van der Waals surface area contributed by atoms with Gasteiger partial charge in [0.05, 0.1) is 5.69 Å². The zero-order valence-corrected chi connectivity index (χ0v) is 9.41. The molecule has 72 valence electrons. The van der Waals surface area contributed by atoms with Gasteiger partial charge < -0.3 is 4.52 Å². The third-order valence-electron chi connectivity index (χ3n) is 2.00. The van der Waals surface area contributed by atoms with E-state index in [1.165, 1.54) is 5.56 Å². The molecule has 2 rings (SSSR count). The maximum atomic E-state index is 5.22. The largest absolute Gasteiger partial charge is 0.356 e. The van der Waals surface area contributed by atoms with Crippen molar-refractivity contribution in [2.45, 2.75) is 12.3 Å². The Morgan fingerprint density at radius 3 is 2.86 bits per heavy atom. The fourth-order valence-electron chi connectivity index (χ4n) is 1.31. The van der Waals surface area contributed by atoms with E-state index in [-0.39, 0.29) is 0 Å². The number of alkyl halides is 1. The van der Waals surface area contributed by atoms with E-state index in [1.807, 2.05) is 18.2 Å². The third-order valence-corrected chi connectivity index (χ3v) is 2.57. The van der Waals surface area contributed by atoms with Crippen molar-refractivity contribution < 1.29 is 4.52 Å². The zero-order valence-electron chi connectivity index (χ0n) is 7.83. The summed E-state index contributed by atoms with van der Waals surface area (Å²) in [6.07, 6.45) is 0. The second-order valence-electron chi connectivity index (χ2n) is 3.19. The lowest BCUT2D eigenvalue weighted by atomic mass is 10.1. The molecule has 2 nitrogen and oxygen atoms in total. The Kier molecular flexibility index (Phi) is 2.68. The van der Waals surface area contributed by atoms with Gasteiger partial charge in [-0.3, -0.25) is 0 Å². The third kappa shape index (κ3) is 1.87. The molecule has 1 heterocycles. The summed E-state index contributed by atoms with van der Waals surface area (Å²) in [4.78, 5) is 0. The number of rotatable bonds is 2. The minimum Gasteiger partial charge on any atom is -0.356 e. The van der Waals surface area contributed by atoms with Crippen molar-refractivity contribution in [1.29, 1.82) is 0 Å². The average Bonchev–Trinajstić information content (AvgIpc) is 2.66. The van der Waals surface area contributed by atoms with Crippen LogP contribution in [0.3, 0.4) is 0 Å². The van der Waals surface area contributed by atoms with Crippen molar-refractivity contribution in [1.82, 2.24) is 5.16 Å². The van der Waals surface area contributed by atoms with E-state index in [1.54, 1.807) is 0 Å². The molecular weight excluding hydrogens is 242 g/mol. The van der Waals surface area contributed by atoms with Gasteiger partial charge in [0.15, 0.2) is 5.76 Å². The fourth-order valence-corrected chi connectivity index (χ4v) is 1.57. The van der Waals surface area contributed by atoms with Gasteiger partial charge in [-0.05, 0) is 13.0 Å². The number of hydrogen-bond acceptors (Lipinski definition) is 2. The molecule has 1 aromatic heterocycles. The highest BCUT2D eigenvalue weighted by Crippen LogP contribution is 2.21. The molecule has 1 aromatic carbocycles. The lowest BCUT2D eigenvalue weighted by molar-refractivity contribution is 0.426. The van der Waals surface area contributed by atoms with Crippen LogP contribution in [0.2, 0.25) is 0 Å². The minimum atomic E-state index is 0.725. The van der Waals surface area contributed by atoms with Crippen LogP contribution in [0.15, 0.2) is 34.9 Å². The predicted octanol–water partition coefficient (Wildman–Crippen LogP) is 3.54. The Balaban J connectivity index is 2.39. The quantitative estimate of drug-likeness (QED) is 0.764. The van der Waals surface area contributed by atoms with Gasteiger partial charge in [0.2, 0.25) is 0 Å². The molecule has 0 saturated carbocycles. The molecule has 0 bridgehead atoms. The van der Waals surface area contributed by atoms with Crippen molar-refractivity contribution in [3.05, 3.63) is 41.6 Å². The number of aromatic nitrogens is 1. The molecule has 0 fully saturated rings. The van der Waals surface area contributed by atoms with Gasteiger partial charge in [-0.25, -0.2) is 0 Å². The summed E-state index contributed by atoms with van der Waals surface area (Å²) in [6, 6.07) is 10.1. The van der Waals surface area contributed by atoms with Crippen LogP contribution in [0.25, 0.3) is 11.3 Å². The lowest BCUT2D eigenvalue weighted by Crippen LogP contribution is -1.75. The van der Waals surface area contributed by atoms with E-state index in [9.17, 15) is 0 Å². The fraction of sp³-hybridized carbons (Fsp3) is 0.182. The Hall–Kier alpha value is -1.09. The molecule has 0 N–H and O–H groups in total. The number of benzene rings is 1. The van der Waals surface area contributed by atoms with Crippen LogP contribution >= 0.6 is 15.9 Å². The Labute approximate surface area is 91.1 Å². The predicted molar refractivity (Wildman–Crippen MR) is 59.3 cm³/mol. The molecule has 0 amide bonds. The molecular formula is C11H10BrNO. The Morgan fingerprint density at radius 1 is 1.36 bits per heavy atom. The summed E-state index contributed by atoms with van der Waals surface area (Å²) < 4.78 is 5.22. The monoisotopic (exact) mass is 251 g/mol. The van der Waals surface area contributed by atoms with Crippen molar-refractivity contribution in [3.63, 3.8) is 0 Å². The van der Waals surface area contributed by atoms with Crippen LogP contribution in [-0.4, -0.2) is 5.16 Å². The lowest BCUT2D eigenvalue weighted by Gasteiger charge is -1.95. The second kappa shape index (κ2) is 3.96. The standard InChI is InChI=1S/C11H10BrNO/c1-8-3-2-4-9(5-8)11-6-10(7-12)13-14-11/h2-6H,7H2,1H3. The van der Waals surface area contributed by atoms with Crippen LogP contribution < -0.4 is 0 Å². The highest BCUT2D eigenvalue weighted by molar-refractivity contribution is 9.08. The highest BCUT2D eigenvalue weighted by Gasteiger charge is 2.05. The summed E-state index contributed by atoms with van der Waals surface area (Å²) in [5.41, 5.74) is 3.21. The maximum absolute atomic E-state index is 5.22. The summed E-state index contributed by atoms with van der Waals surface area (Å²) in [5, 5.41) is 4.64. The summed E-state index contributed by atoms with van der Waals surface area (Å²) in [7, 11) is 0. The molecule has 3 heteroatoms. The van der Waals surface area contributed by atoms with E-state index in [0.29, 0.717) is 0 Å².